The lowest BCUT2D eigenvalue weighted by Gasteiger charge is -2.38. The van der Waals surface area contributed by atoms with Crippen LogP contribution in [0.1, 0.15) is 37.1 Å². The van der Waals surface area contributed by atoms with Crippen molar-refractivity contribution in [2.45, 2.75) is 51.6 Å². The highest BCUT2D eigenvalue weighted by Crippen LogP contribution is 2.37. The number of nitrogens with zero attached hydrogens (tertiary/aromatic N) is 4. The molecule has 2 aromatic rings. The number of anilines is 3. The summed E-state index contributed by atoms with van der Waals surface area (Å²) in [6, 6.07) is 6.14. The Kier molecular flexibility index (Phi) is 7.26. The summed E-state index contributed by atoms with van der Waals surface area (Å²) < 4.78 is 0. The smallest absolute Gasteiger partial charge is 0.171 e. The largest absolute Gasteiger partial charge is 0.376 e. The minimum absolute atomic E-state index is 0.197. The summed E-state index contributed by atoms with van der Waals surface area (Å²) in [6.45, 7) is 3.89. The Morgan fingerprint density at radius 3 is 2.33 bits per heavy atom. The maximum absolute atomic E-state index is 6.51. The Morgan fingerprint density at radius 2 is 1.77 bits per heavy atom. The number of rotatable bonds is 5. The van der Waals surface area contributed by atoms with Crippen molar-refractivity contribution in [3.63, 3.8) is 0 Å². The first-order valence-electron chi connectivity index (χ1n) is 9.99. The molecule has 9 heteroatoms. The van der Waals surface area contributed by atoms with Crippen molar-refractivity contribution in [1.82, 2.24) is 9.97 Å². The second-order valence-electron chi connectivity index (χ2n) is 7.96. The second kappa shape index (κ2) is 9.54. The van der Waals surface area contributed by atoms with Crippen LogP contribution in [0.2, 0.25) is 10.0 Å². The van der Waals surface area contributed by atoms with Gasteiger partial charge in [0.2, 0.25) is 0 Å². The van der Waals surface area contributed by atoms with Gasteiger partial charge < -0.3 is 20.9 Å². The van der Waals surface area contributed by atoms with E-state index in [9.17, 15) is 0 Å². The molecule has 162 valence electrons. The minimum Gasteiger partial charge on any atom is -0.376 e. The zero-order chi connectivity index (χ0) is 22.0. The predicted molar refractivity (Wildman–Crippen MR) is 131 cm³/mol. The van der Waals surface area contributed by atoms with Crippen LogP contribution in [0.5, 0.6) is 0 Å². The summed E-state index contributed by atoms with van der Waals surface area (Å²) in [5.74, 6) is 2.51. The van der Waals surface area contributed by atoms with Gasteiger partial charge in [-0.05, 0) is 69.4 Å². The highest BCUT2D eigenvalue weighted by molar-refractivity contribution is 7.80. The van der Waals surface area contributed by atoms with Crippen molar-refractivity contribution in [3.8, 4) is 0 Å². The summed E-state index contributed by atoms with van der Waals surface area (Å²) in [5, 5.41) is 5.08. The first-order chi connectivity index (χ1) is 14.2. The molecule has 1 aliphatic rings. The normalized spacial score (nSPS) is 18.7. The predicted octanol–water partition coefficient (Wildman–Crippen LogP) is 4.94. The van der Waals surface area contributed by atoms with E-state index < -0.39 is 0 Å². The molecule has 1 saturated carbocycles. The molecule has 1 aromatic carbocycles. The molecule has 3 N–H and O–H groups in total. The molecule has 0 atom stereocenters. The molecular weight excluding hydrogens is 439 g/mol. The van der Waals surface area contributed by atoms with Gasteiger partial charge in [0.15, 0.2) is 5.11 Å². The standard InChI is InChI=1S/C21H28Cl2N6S/c1-12-9-14(22)10-17(23)20(12)29(21(24)30)16-7-5-15(6-8-16)27-18-11-19(28(3)4)26-13(2)25-18/h9-11,15-16H,5-8H2,1-4H3,(H2,24,30)(H,25,26,27). The van der Waals surface area contributed by atoms with Gasteiger partial charge in [0.05, 0.1) is 10.7 Å². The van der Waals surface area contributed by atoms with Gasteiger partial charge in [-0.2, -0.15) is 0 Å². The third-order valence-electron chi connectivity index (χ3n) is 5.39. The third kappa shape index (κ3) is 5.25. The van der Waals surface area contributed by atoms with E-state index in [-0.39, 0.29) is 6.04 Å². The monoisotopic (exact) mass is 466 g/mol. The van der Waals surface area contributed by atoms with Crippen LogP contribution in [0.4, 0.5) is 17.3 Å². The Hall–Kier alpha value is -1.83. The summed E-state index contributed by atoms with van der Waals surface area (Å²) in [5.41, 5.74) is 7.94. The maximum Gasteiger partial charge on any atom is 0.171 e. The topological polar surface area (TPSA) is 70.3 Å². The van der Waals surface area contributed by atoms with E-state index in [1.807, 2.05) is 49.9 Å². The van der Waals surface area contributed by atoms with E-state index in [0.29, 0.717) is 21.2 Å². The fraction of sp³-hybridized carbons (Fsp3) is 0.476. The summed E-state index contributed by atoms with van der Waals surface area (Å²) in [6.07, 6.45) is 3.85. The zero-order valence-electron chi connectivity index (χ0n) is 17.7. The van der Waals surface area contributed by atoms with Gasteiger partial charge in [-0.15, -0.1) is 0 Å². The molecule has 3 rings (SSSR count). The Morgan fingerprint density at radius 1 is 1.10 bits per heavy atom. The number of halogens is 2. The number of nitrogens with one attached hydrogen (secondary N) is 1. The highest BCUT2D eigenvalue weighted by atomic mass is 35.5. The Labute approximate surface area is 193 Å². The van der Waals surface area contributed by atoms with Crippen LogP contribution in [-0.4, -0.2) is 41.3 Å². The maximum atomic E-state index is 6.51. The molecule has 0 radical (unpaired) electrons. The quantitative estimate of drug-likeness (QED) is 0.604. The molecule has 1 aliphatic carbocycles. The number of benzene rings is 1. The molecule has 0 unspecified atom stereocenters. The van der Waals surface area contributed by atoms with E-state index in [4.69, 9.17) is 41.2 Å². The SMILES string of the molecule is Cc1nc(NC2CCC(N(C(N)=S)c3c(C)cc(Cl)cc3Cl)CC2)cc(N(C)C)n1. The van der Waals surface area contributed by atoms with Crippen LogP contribution < -0.4 is 20.9 Å². The van der Waals surface area contributed by atoms with Gasteiger partial charge in [0.25, 0.3) is 0 Å². The summed E-state index contributed by atoms with van der Waals surface area (Å²) in [7, 11) is 3.95. The van der Waals surface area contributed by atoms with Crippen LogP contribution in [0.3, 0.4) is 0 Å². The Balaban J connectivity index is 1.72. The highest BCUT2D eigenvalue weighted by Gasteiger charge is 2.30. The molecule has 0 saturated heterocycles. The van der Waals surface area contributed by atoms with E-state index in [0.717, 1.165) is 54.4 Å². The molecule has 1 aromatic heterocycles. The summed E-state index contributed by atoms with van der Waals surface area (Å²) in [4.78, 5) is 13.0. The summed E-state index contributed by atoms with van der Waals surface area (Å²) >= 11 is 18.0. The van der Waals surface area contributed by atoms with E-state index >= 15 is 0 Å². The number of thiocarbonyl (C=S) groups is 1. The minimum atomic E-state index is 0.197. The molecule has 1 fully saturated rings. The van der Waals surface area contributed by atoms with Crippen LogP contribution in [-0.2, 0) is 0 Å². The fourth-order valence-corrected chi connectivity index (χ4v) is 4.94. The van der Waals surface area contributed by atoms with Crippen LogP contribution in [0.15, 0.2) is 18.2 Å². The number of nitrogens with two attached hydrogens (primary N) is 1. The van der Waals surface area contributed by atoms with Gasteiger partial charge in [0.1, 0.15) is 17.5 Å². The van der Waals surface area contributed by atoms with Crippen LogP contribution in [0, 0.1) is 13.8 Å². The van der Waals surface area contributed by atoms with Crippen LogP contribution >= 0.6 is 35.4 Å². The van der Waals surface area contributed by atoms with E-state index in [1.165, 1.54) is 0 Å². The lowest BCUT2D eigenvalue weighted by atomic mass is 9.89. The molecule has 6 nitrogen and oxygen atoms in total. The lowest BCUT2D eigenvalue weighted by molar-refractivity contribution is 0.410. The van der Waals surface area contributed by atoms with Gasteiger partial charge >= 0.3 is 0 Å². The average Bonchev–Trinajstić information content (AvgIpc) is 2.64. The molecule has 30 heavy (non-hydrogen) atoms. The molecule has 1 heterocycles. The molecular formula is C21H28Cl2N6S. The second-order valence-corrected chi connectivity index (χ2v) is 9.23. The molecule has 0 spiro atoms. The van der Waals surface area contributed by atoms with Gasteiger partial charge in [-0.25, -0.2) is 9.97 Å². The zero-order valence-corrected chi connectivity index (χ0v) is 20.1. The molecule has 0 aliphatic heterocycles. The number of hydrogen-bond donors (Lipinski definition) is 2. The van der Waals surface area contributed by atoms with Crippen LogP contribution in [0.25, 0.3) is 0 Å². The van der Waals surface area contributed by atoms with Gasteiger partial charge in [0, 0.05) is 37.3 Å². The number of aromatic nitrogens is 2. The lowest BCUT2D eigenvalue weighted by Crippen LogP contribution is -2.47. The third-order valence-corrected chi connectivity index (χ3v) is 6.10. The van der Waals surface area contributed by atoms with Crippen molar-refractivity contribution in [2.24, 2.45) is 5.73 Å². The Bertz CT molecular complexity index is 905. The average molecular weight is 467 g/mol. The fourth-order valence-electron chi connectivity index (χ4n) is 4.01. The van der Waals surface area contributed by atoms with Crippen molar-refractivity contribution in [2.75, 3.05) is 29.2 Å². The van der Waals surface area contributed by atoms with E-state index in [1.54, 1.807) is 6.07 Å². The van der Waals surface area contributed by atoms with Crippen molar-refractivity contribution >= 4 is 57.9 Å². The van der Waals surface area contributed by atoms with Crippen molar-refractivity contribution < 1.29 is 0 Å². The van der Waals surface area contributed by atoms with Crippen molar-refractivity contribution in [1.29, 1.82) is 0 Å². The first-order valence-corrected chi connectivity index (χ1v) is 11.2. The number of hydrogen-bond acceptors (Lipinski definition) is 5. The van der Waals surface area contributed by atoms with E-state index in [2.05, 4.69) is 15.3 Å². The van der Waals surface area contributed by atoms with Gasteiger partial charge in [-0.1, -0.05) is 23.2 Å². The molecule has 0 amide bonds. The van der Waals surface area contributed by atoms with Gasteiger partial charge in [-0.3, -0.25) is 0 Å². The number of aryl methyl sites for hydroxylation is 2. The van der Waals surface area contributed by atoms with Crippen molar-refractivity contribution in [3.05, 3.63) is 39.6 Å². The first kappa shape index (κ1) is 22.8. The molecule has 0 bridgehead atoms.